The molecule has 7 fully saturated rings. The highest BCUT2D eigenvalue weighted by molar-refractivity contribution is 5.25. The molecule has 28 atom stereocenters. The Bertz CT molecular complexity index is 1770. The van der Waals surface area contributed by atoms with Gasteiger partial charge in [0, 0.05) is 0 Å². The number of hydrogen-bond donors (Lipinski definition) is 13. The Hall–Kier alpha value is -1.10. The normalized spacial score (nSPS) is 51.3. The summed E-state index contributed by atoms with van der Waals surface area (Å²) in [5.74, 6) is 4.22. The molecule has 0 aromatic rings. The molecule has 4 saturated heterocycles. The quantitative estimate of drug-likeness (QED) is 0.0752. The Morgan fingerprint density at radius 3 is 1.68 bits per heavy atom. The van der Waals surface area contributed by atoms with Crippen LogP contribution in [0.15, 0.2) is 11.6 Å². The predicted octanol–water partition coefficient (Wildman–Crippen LogP) is -1.31. The molecule has 4 aliphatic carbocycles. The molecule has 416 valence electrons. The summed E-state index contributed by atoms with van der Waals surface area (Å²) in [6.45, 7) is 9.12. The molecule has 21 heteroatoms. The molecule has 8 rings (SSSR count). The zero-order valence-corrected chi connectivity index (χ0v) is 42.4. The van der Waals surface area contributed by atoms with Gasteiger partial charge in [-0.1, -0.05) is 65.5 Å². The maximum Gasteiger partial charge on any atom is 0.187 e. The molecule has 0 radical (unpaired) electrons. The molecule has 0 bridgehead atoms. The van der Waals surface area contributed by atoms with Crippen molar-refractivity contribution in [2.24, 2.45) is 46.3 Å². The van der Waals surface area contributed by atoms with Crippen molar-refractivity contribution in [1.29, 1.82) is 0 Å². The number of fused-ring (bicyclic) bond motifs is 5. The lowest BCUT2D eigenvalue weighted by Crippen LogP contribution is -2.66. The Balaban J connectivity index is 0.848. The number of rotatable bonds is 17. The van der Waals surface area contributed by atoms with Crippen LogP contribution < -0.4 is 0 Å². The van der Waals surface area contributed by atoms with Gasteiger partial charge in [0.1, 0.15) is 97.7 Å². The lowest BCUT2D eigenvalue weighted by molar-refractivity contribution is -0.374. The molecule has 0 spiro atoms. The zero-order valence-electron chi connectivity index (χ0n) is 42.4. The number of aliphatic hydroxyl groups excluding tert-OH is 13. The molecule has 0 aromatic heterocycles. The second kappa shape index (κ2) is 23.5. The van der Waals surface area contributed by atoms with Crippen molar-refractivity contribution in [2.75, 3.05) is 26.4 Å². The molecule has 21 nitrogen and oxygen atoms in total. The van der Waals surface area contributed by atoms with E-state index in [9.17, 15) is 66.4 Å². The fourth-order valence-corrected chi connectivity index (χ4v) is 14.5. The van der Waals surface area contributed by atoms with E-state index < -0.39 is 149 Å². The first kappa shape index (κ1) is 57.1. The zero-order chi connectivity index (χ0) is 52.1. The first-order valence-corrected chi connectivity index (χ1v) is 26.7. The van der Waals surface area contributed by atoms with Gasteiger partial charge >= 0.3 is 0 Å². The van der Waals surface area contributed by atoms with Gasteiger partial charge in [-0.25, -0.2) is 0 Å². The number of ether oxygens (including phenoxy) is 8. The van der Waals surface area contributed by atoms with Crippen LogP contribution in [0.4, 0.5) is 0 Å². The van der Waals surface area contributed by atoms with Gasteiger partial charge in [-0.15, -0.1) is 0 Å². The van der Waals surface area contributed by atoms with Crippen LogP contribution in [0.2, 0.25) is 0 Å². The minimum Gasteiger partial charge on any atom is -0.394 e. The summed E-state index contributed by atoms with van der Waals surface area (Å²) in [4.78, 5) is 0. The van der Waals surface area contributed by atoms with E-state index in [0.29, 0.717) is 30.1 Å². The number of hydrogen-bond acceptors (Lipinski definition) is 21. The maximum atomic E-state index is 11.5. The van der Waals surface area contributed by atoms with Crippen LogP contribution in [0, 0.1) is 46.3 Å². The van der Waals surface area contributed by atoms with E-state index in [1.54, 1.807) is 0 Å². The minimum atomic E-state index is -1.93. The summed E-state index contributed by atoms with van der Waals surface area (Å²) in [6, 6.07) is 0. The maximum absolute atomic E-state index is 11.5. The highest BCUT2D eigenvalue weighted by Crippen LogP contribution is 2.67. The minimum absolute atomic E-state index is 0.0373. The third-order valence-corrected chi connectivity index (χ3v) is 18.8. The molecule has 4 aliphatic heterocycles. The van der Waals surface area contributed by atoms with Crippen molar-refractivity contribution in [3.63, 3.8) is 0 Å². The van der Waals surface area contributed by atoms with Crippen LogP contribution >= 0.6 is 0 Å². The first-order chi connectivity index (χ1) is 34.2. The Labute approximate surface area is 421 Å². The molecule has 4 heterocycles. The van der Waals surface area contributed by atoms with Crippen molar-refractivity contribution >= 4 is 0 Å². The largest absolute Gasteiger partial charge is 0.394 e. The van der Waals surface area contributed by atoms with Gasteiger partial charge < -0.3 is 104 Å². The Kier molecular flexibility index (Phi) is 18.6. The van der Waals surface area contributed by atoms with Gasteiger partial charge in [-0.3, -0.25) is 0 Å². The third-order valence-electron chi connectivity index (χ3n) is 18.8. The Morgan fingerprint density at radius 2 is 1.08 bits per heavy atom. The van der Waals surface area contributed by atoms with Crippen molar-refractivity contribution in [1.82, 2.24) is 0 Å². The van der Waals surface area contributed by atoms with Crippen molar-refractivity contribution < 1.29 is 104 Å². The lowest BCUT2D eigenvalue weighted by atomic mass is 9.47. The summed E-state index contributed by atoms with van der Waals surface area (Å²) in [5, 5.41) is 139. The van der Waals surface area contributed by atoms with Crippen molar-refractivity contribution in [3.8, 4) is 0 Å². The third kappa shape index (κ3) is 11.0. The average molecular weight is 1040 g/mol. The van der Waals surface area contributed by atoms with Crippen LogP contribution in [-0.2, 0) is 37.9 Å². The summed E-state index contributed by atoms with van der Waals surface area (Å²) in [5.41, 5.74) is 1.78. The predicted molar refractivity (Wildman–Crippen MR) is 250 cm³/mol. The van der Waals surface area contributed by atoms with Gasteiger partial charge in [0.05, 0.1) is 32.5 Å². The second-order valence-corrected chi connectivity index (χ2v) is 23.5. The monoisotopic (exact) mass is 1030 g/mol. The fraction of sp³-hybridized carbons (Fsp3) is 0.961. The molecule has 8 aliphatic rings. The summed E-state index contributed by atoms with van der Waals surface area (Å²) < 4.78 is 46.4. The van der Waals surface area contributed by atoms with E-state index in [2.05, 4.69) is 40.7 Å². The van der Waals surface area contributed by atoms with Gasteiger partial charge in [-0.05, 0) is 97.7 Å². The second-order valence-electron chi connectivity index (χ2n) is 23.5. The van der Waals surface area contributed by atoms with Gasteiger partial charge in [0.15, 0.2) is 25.2 Å². The van der Waals surface area contributed by atoms with Gasteiger partial charge in [-0.2, -0.15) is 0 Å². The van der Waals surface area contributed by atoms with E-state index in [1.807, 2.05) is 0 Å². The van der Waals surface area contributed by atoms with Gasteiger partial charge in [0.25, 0.3) is 0 Å². The molecule has 3 saturated carbocycles. The highest BCUT2D eigenvalue weighted by atomic mass is 16.8. The molecular formula is C51H86O21. The topological polar surface area (TPSA) is 337 Å². The van der Waals surface area contributed by atoms with E-state index >= 15 is 0 Å². The SMILES string of the molecule is CC(C)CCC[C@@H](C)[C@H]1CC[C@H]2[C@@H]3CC=C4C[C@@H](O[C@H]5OC(CO)[C@@H](O[C@H]6OC(CO[C@@H]7OC(CO)[C@@H](O[C@H]8OC(CO)[C@@H](O)C(O)C8O)C(O)C7O)[C@@H](O)C(O)C6O)C(O)C5O)CC[C@]4(C)[C@H]3CC[C@]12C. The number of aliphatic hydroxyl groups is 13. The van der Waals surface area contributed by atoms with Crippen molar-refractivity contribution in [2.45, 2.75) is 234 Å². The standard InChI is InChI=1S/C51H86O21/c1-22(2)7-6-8-23(3)27-11-12-28-26-10-9-24-17-25(13-15-50(24,4)29(26)14-16-51(27,28)5)66-47-43(64)39(60)45(32(20-54)69-47)72-49-41(62)37(58)35(56)33(70-49)21-65-46-42(63)38(59)44(31(19-53)68-46)71-48-40(61)36(57)34(55)30(18-52)67-48/h9,22-23,25-49,52-64H,6-8,10-21H2,1-5H3/t23-,25+,26+,27-,28+,29+,30?,31?,32?,33?,34-,35-,36?,37?,38?,39?,40?,41?,42?,43?,44-,45-,46-,47+,48-,49-,50+,51-/m1/s1. The van der Waals surface area contributed by atoms with E-state index in [1.165, 1.54) is 50.5 Å². The van der Waals surface area contributed by atoms with Gasteiger partial charge in [0.2, 0.25) is 0 Å². The average Bonchev–Trinajstić information content (AvgIpc) is 3.72. The number of allylic oxidation sites excluding steroid dienone is 1. The lowest BCUT2D eigenvalue weighted by Gasteiger charge is -2.58. The Morgan fingerprint density at radius 1 is 0.556 bits per heavy atom. The first-order valence-electron chi connectivity index (χ1n) is 26.7. The van der Waals surface area contributed by atoms with E-state index in [-0.39, 0.29) is 11.5 Å². The fourth-order valence-electron chi connectivity index (χ4n) is 14.5. The van der Waals surface area contributed by atoms with Crippen molar-refractivity contribution in [3.05, 3.63) is 11.6 Å². The van der Waals surface area contributed by atoms with Crippen LogP contribution in [0.3, 0.4) is 0 Å². The van der Waals surface area contributed by atoms with E-state index in [4.69, 9.17) is 37.9 Å². The molecule has 12 unspecified atom stereocenters. The molecule has 13 N–H and O–H groups in total. The summed E-state index contributed by atoms with van der Waals surface area (Å²) in [6.07, 6.45) is -19.3. The smallest absolute Gasteiger partial charge is 0.187 e. The molecule has 72 heavy (non-hydrogen) atoms. The van der Waals surface area contributed by atoms with Crippen LogP contribution in [0.1, 0.15) is 105 Å². The van der Waals surface area contributed by atoms with E-state index in [0.717, 1.165) is 36.5 Å². The highest BCUT2D eigenvalue weighted by Gasteiger charge is 2.60. The molecule has 0 amide bonds. The molecular weight excluding hydrogens is 949 g/mol. The summed E-state index contributed by atoms with van der Waals surface area (Å²) >= 11 is 0. The summed E-state index contributed by atoms with van der Waals surface area (Å²) in [7, 11) is 0. The molecule has 0 aromatic carbocycles. The van der Waals surface area contributed by atoms with Crippen LogP contribution in [0.25, 0.3) is 0 Å². The van der Waals surface area contributed by atoms with Crippen LogP contribution in [0.5, 0.6) is 0 Å². The van der Waals surface area contributed by atoms with Crippen LogP contribution in [-0.4, -0.2) is 222 Å².